The Hall–Kier alpha value is -1.58. The van der Waals surface area contributed by atoms with E-state index in [1.165, 1.54) is 23.0 Å². The first-order valence-corrected chi connectivity index (χ1v) is 6.05. The zero-order valence-electron chi connectivity index (χ0n) is 11.7. The van der Waals surface area contributed by atoms with Crippen LogP contribution in [-0.4, -0.2) is 9.13 Å². The number of aromatic nitrogens is 4. The van der Waals surface area contributed by atoms with Crippen LogP contribution in [0.2, 0.25) is 0 Å². The molecule has 0 spiro atoms. The van der Waals surface area contributed by atoms with E-state index >= 15 is 0 Å². The first-order valence-electron chi connectivity index (χ1n) is 6.05. The van der Waals surface area contributed by atoms with Crippen molar-refractivity contribution in [3.05, 3.63) is 23.8 Å². The minimum Gasteiger partial charge on any atom is -0.226 e. The zero-order valence-corrected chi connectivity index (χ0v) is 11.7. The molecule has 0 unspecified atom stereocenters. The average molecular weight is 234 g/mol. The van der Waals surface area contributed by atoms with Gasteiger partial charge in [-0.05, 0) is 6.92 Å². The van der Waals surface area contributed by atoms with Crippen molar-refractivity contribution < 1.29 is 9.13 Å². The molecule has 0 atom stereocenters. The Labute approximate surface area is 103 Å². The second-order valence-electron chi connectivity index (χ2n) is 4.71. The highest BCUT2D eigenvalue weighted by molar-refractivity contribution is 5.38. The van der Waals surface area contributed by atoms with Crippen LogP contribution in [0.25, 0.3) is 11.6 Å². The Morgan fingerprint density at radius 3 is 2.00 bits per heavy atom. The average Bonchev–Trinajstić information content (AvgIpc) is 2.65. The largest absolute Gasteiger partial charge is 0.373 e. The number of imidazole rings is 2. The van der Waals surface area contributed by atoms with Crippen LogP contribution in [0.3, 0.4) is 0 Å². The van der Waals surface area contributed by atoms with Crippen molar-refractivity contribution in [1.29, 1.82) is 0 Å². The summed E-state index contributed by atoms with van der Waals surface area (Å²) in [5.41, 5.74) is 2.56. The van der Waals surface area contributed by atoms with Crippen molar-refractivity contribution in [3.8, 4) is 11.6 Å². The predicted octanol–water partition coefficient (Wildman–Crippen LogP) is 0.779. The Bertz CT molecular complexity index is 560. The number of hydrogen-bond acceptors (Lipinski definition) is 0. The first kappa shape index (κ1) is 11.9. The Kier molecular flexibility index (Phi) is 2.81. The van der Waals surface area contributed by atoms with Gasteiger partial charge in [-0.15, -0.1) is 0 Å². The lowest BCUT2D eigenvalue weighted by Crippen LogP contribution is -2.37. The minimum atomic E-state index is 0.992. The first-order chi connectivity index (χ1) is 7.97. The summed E-state index contributed by atoms with van der Waals surface area (Å²) in [4.78, 5) is 0. The summed E-state index contributed by atoms with van der Waals surface area (Å²) in [5.74, 6) is 2.49. The molecule has 2 aromatic heterocycles. The van der Waals surface area contributed by atoms with Crippen molar-refractivity contribution in [2.24, 2.45) is 21.1 Å². The molecule has 4 nitrogen and oxygen atoms in total. The molecule has 0 aliphatic carbocycles. The van der Waals surface area contributed by atoms with Crippen LogP contribution in [0.4, 0.5) is 0 Å². The number of hydrogen-bond donors (Lipinski definition) is 0. The summed E-state index contributed by atoms with van der Waals surface area (Å²) in [5, 5.41) is 0. The van der Waals surface area contributed by atoms with Gasteiger partial charge in [0.05, 0.1) is 27.7 Å². The van der Waals surface area contributed by atoms with Crippen molar-refractivity contribution in [3.63, 3.8) is 0 Å². The third-order valence-electron chi connectivity index (χ3n) is 3.47. The van der Waals surface area contributed by atoms with E-state index in [0.717, 1.165) is 6.54 Å². The summed E-state index contributed by atoms with van der Waals surface area (Å²) < 4.78 is 8.97. The third kappa shape index (κ3) is 1.68. The van der Waals surface area contributed by atoms with Crippen molar-refractivity contribution in [2.45, 2.75) is 27.3 Å². The second kappa shape index (κ2) is 4.02. The van der Waals surface area contributed by atoms with Crippen LogP contribution < -0.4 is 9.13 Å². The van der Waals surface area contributed by atoms with Gasteiger partial charge < -0.3 is 0 Å². The van der Waals surface area contributed by atoms with E-state index in [9.17, 15) is 0 Å². The Balaban J connectivity index is 2.76. The maximum absolute atomic E-state index is 2.34. The molecule has 2 heterocycles. The lowest BCUT2D eigenvalue weighted by atomic mass is 10.4. The van der Waals surface area contributed by atoms with Gasteiger partial charge in [0.25, 0.3) is 0 Å². The minimum absolute atomic E-state index is 0.992. The molecule has 0 saturated carbocycles. The van der Waals surface area contributed by atoms with Gasteiger partial charge in [-0.1, -0.05) is 0 Å². The third-order valence-corrected chi connectivity index (χ3v) is 3.47. The van der Waals surface area contributed by atoms with E-state index in [2.05, 4.69) is 72.6 Å². The van der Waals surface area contributed by atoms with E-state index in [4.69, 9.17) is 0 Å². The summed E-state index contributed by atoms with van der Waals surface area (Å²) >= 11 is 0. The molecular weight excluding hydrogens is 212 g/mol. The predicted molar refractivity (Wildman–Crippen MR) is 66.3 cm³/mol. The fourth-order valence-corrected chi connectivity index (χ4v) is 2.59. The van der Waals surface area contributed by atoms with Gasteiger partial charge in [0, 0.05) is 13.8 Å². The quantitative estimate of drug-likeness (QED) is 0.684. The Morgan fingerprint density at radius 1 is 1.00 bits per heavy atom. The lowest BCUT2D eigenvalue weighted by Gasteiger charge is -1.99. The van der Waals surface area contributed by atoms with Gasteiger partial charge in [0.15, 0.2) is 0 Å². The normalized spacial score (nSPS) is 11.2. The standard InChI is InChI=1S/C13H22N4/c1-7-17-11(3)9-15(5)13(17)12-14(4)8-10(2)16(12)6/h8-9H,7H2,1-6H3/q+2. The Morgan fingerprint density at radius 2 is 1.53 bits per heavy atom. The molecule has 0 radical (unpaired) electrons. The number of nitrogens with zero attached hydrogens (tertiary/aromatic N) is 4. The van der Waals surface area contributed by atoms with E-state index in [1.807, 2.05) is 0 Å². The molecular formula is C13H22N4+2. The SMILES string of the molecule is CCn1c(C)c[n+](C)c1-c1n(C)c(C)c[n+]1C. The summed E-state index contributed by atoms with van der Waals surface area (Å²) in [7, 11) is 6.33. The molecule has 17 heavy (non-hydrogen) atoms. The second-order valence-corrected chi connectivity index (χ2v) is 4.71. The highest BCUT2D eigenvalue weighted by Crippen LogP contribution is 2.15. The number of aryl methyl sites for hydroxylation is 4. The molecule has 0 amide bonds. The van der Waals surface area contributed by atoms with E-state index in [-0.39, 0.29) is 0 Å². The maximum atomic E-state index is 2.34. The summed E-state index contributed by atoms with van der Waals surface area (Å²) in [6.07, 6.45) is 4.35. The van der Waals surface area contributed by atoms with Gasteiger partial charge in [0.2, 0.25) is 0 Å². The molecule has 0 bridgehead atoms. The molecule has 0 aliphatic heterocycles. The van der Waals surface area contributed by atoms with Gasteiger partial charge in [0.1, 0.15) is 23.8 Å². The summed E-state index contributed by atoms with van der Waals surface area (Å²) in [6, 6.07) is 0. The lowest BCUT2D eigenvalue weighted by molar-refractivity contribution is -0.690. The summed E-state index contributed by atoms with van der Waals surface area (Å²) in [6.45, 7) is 7.47. The molecule has 92 valence electrons. The molecule has 2 aromatic rings. The van der Waals surface area contributed by atoms with Gasteiger partial charge >= 0.3 is 11.6 Å². The molecule has 0 fully saturated rings. The van der Waals surface area contributed by atoms with Gasteiger partial charge in [-0.2, -0.15) is 0 Å². The molecule has 4 heteroatoms. The van der Waals surface area contributed by atoms with Gasteiger partial charge in [-0.3, -0.25) is 0 Å². The van der Waals surface area contributed by atoms with E-state index in [0.29, 0.717) is 0 Å². The van der Waals surface area contributed by atoms with Crippen LogP contribution in [0.5, 0.6) is 0 Å². The highest BCUT2D eigenvalue weighted by Gasteiger charge is 2.31. The maximum Gasteiger partial charge on any atom is 0.373 e. The topological polar surface area (TPSA) is 17.6 Å². The van der Waals surface area contributed by atoms with Gasteiger partial charge in [-0.25, -0.2) is 18.3 Å². The smallest absolute Gasteiger partial charge is 0.226 e. The number of rotatable bonds is 2. The van der Waals surface area contributed by atoms with Crippen LogP contribution in [-0.2, 0) is 27.7 Å². The van der Waals surface area contributed by atoms with Crippen molar-refractivity contribution in [1.82, 2.24) is 9.13 Å². The fourth-order valence-electron chi connectivity index (χ4n) is 2.59. The highest BCUT2D eigenvalue weighted by atomic mass is 15.2. The molecule has 0 saturated heterocycles. The van der Waals surface area contributed by atoms with Crippen LogP contribution in [0, 0.1) is 13.8 Å². The fraction of sp³-hybridized carbons (Fsp3) is 0.538. The molecule has 0 N–H and O–H groups in total. The zero-order chi connectivity index (χ0) is 12.7. The van der Waals surface area contributed by atoms with Crippen molar-refractivity contribution in [2.75, 3.05) is 0 Å². The van der Waals surface area contributed by atoms with Crippen LogP contribution in [0.15, 0.2) is 12.4 Å². The van der Waals surface area contributed by atoms with Crippen LogP contribution in [0.1, 0.15) is 18.3 Å². The van der Waals surface area contributed by atoms with E-state index in [1.54, 1.807) is 0 Å². The molecule has 0 aromatic carbocycles. The van der Waals surface area contributed by atoms with Crippen molar-refractivity contribution >= 4 is 0 Å². The molecule has 0 aliphatic rings. The monoisotopic (exact) mass is 234 g/mol. The molecule has 2 rings (SSSR count). The van der Waals surface area contributed by atoms with Crippen LogP contribution >= 0.6 is 0 Å². The van der Waals surface area contributed by atoms with E-state index < -0.39 is 0 Å².